The molecule has 0 bridgehead atoms. The normalized spacial score (nSPS) is 18.7. The summed E-state index contributed by atoms with van der Waals surface area (Å²) in [6.07, 6.45) is 3.75. The number of carbonyl (C=O) groups excluding carboxylic acids is 1. The molecule has 1 amide bonds. The van der Waals surface area contributed by atoms with Crippen LogP contribution >= 0.6 is 0 Å². The molecule has 32 heavy (non-hydrogen) atoms. The Labute approximate surface area is 188 Å². The SMILES string of the molecule is CC1=NN(c2ccc(C(=O)Nc3ccnn3C3CCN(Cc4ccccc4)C3)cc2)CC1. The molecule has 0 radical (unpaired) electrons. The number of hydrogen-bond donors (Lipinski definition) is 1. The fourth-order valence-corrected chi connectivity index (χ4v) is 4.44. The summed E-state index contributed by atoms with van der Waals surface area (Å²) in [6.45, 7) is 5.80. The molecule has 0 spiro atoms. The Balaban J connectivity index is 1.22. The molecular formula is C25H28N6O. The van der Waals surface area contributed by atoms with E-state index in [2.05, 4.69) is 44.7 Å². The van der Waals surface area contributed by atoms with E-state index in [9.17, 15) is 4.79 Å². The van der Waals surface area contributed by atoms with E-state index in [1.54, 1.807) is 6.20 Å². The number of nitrogens with one attached hydrogen (secondary N) is 1. The average molecular weight is 429 g/mol. The van der Waals surface area contributed by atoms with Crippen molar-refractivity contribution in [3.05, 3.63) is 78.0 Å². The molecule has 3 aromatic rings. The Morgan fingerprint density at radius 3 is 2.62 bits per heavy atom. The predicted molar refractivity (Wildman–Crippen MR) is 127 cm³/mol. The van der Waals surface area contributed by atoms with Gasteiger partial charge in [-0.1, -0.05) is 30.3 Å². The number of benzene rings is 2. The minimum Gasteiger partial charge on any atom is -0.307 e. The van der Waals surface area contributed by atoms with Crippen LogP contribution in [-0.4, -0.2) is 45.9 Å². The minimum atomic E-state index is -0.126. The first-order chi connectivity index (χ1) is 15.7. The van der Waals surface area contributed by atoms with Gasteiger partial charge < -0.3 is 5.32 Å². The summed E-state index contributed by atoms with van der Waals surface area (Å²) < 4.78 is 1.96. The number of hydrogen-bond acceptors (Lipinski definition) is 5. The summed E-state index contributed by atoms with van der Waals surface area (Å²) in [5.41, 5.74) is 4.08. The van der Waals surface area contributed by atoms with Crippen LogP contribution in [-0.2, 0) is 6.54 Å². The van der Waals surface area contributed by atoms with Crippen molar-refractivity contribution in [3.63, 3.8) is 0 Å². The van der Waals surface area contributed by atoms with Crippen LogP contribution in [0.1, 0.15) is 41.7 Å². The first-order valence-electron chi connectivity index (χ1n) is 11.2. The third-order valence-electron chi connectivity index (χ3n) is 6.16. The topological polar surface area (TPSA) is 65.8 Å². The lowest BCUT2D eigenvalue weighted by Crippen LogP contribution is -2.23. The third kappa shape index (κ3) is 4.43. The largest absolute Gasteiger partial charge is 0.307 e. The quantitative estimate of drug-likeness (QED) is 0.640. The van der Waals surface area contributed by atoms with E-state index >= 15 is 0 Å². The molecule has 5 rings (SSSR count). The fourth-order valence-electron chi connectivity index (χ4n) is 4.44. The molecule has 7 nitrogen and oxygen atoms in total. The Morgan fingerprint density at radius 2 is 1.88 bits per heavy atom. The highest BCUT2D eigenvalue weighted by atomic mass is 16.1. The van der Waals surface area contributed by atoms with Gasteiger partial charge >= 0.3 is 0 Å². The lowest BCUT2D eigenvalue weighted by molar-refractivity contribution is 0.102. The molecule has 2 aliphatic heterocycles. The Morgan fingerprint density at radius 1 is 1.06 bits per heavy atom. The molecule has 0 saturated carbocycles. The zero-order valence-electron chi connectivity index (χ0n) is 18.3. The number of hydrazone groups is 1. The van der Waals surface area contributed by atoms with E-state index in [1.807, 2.05) is 53.0 Å². The Bertz CT molecular complexity index is 1100. The van der Waals surface area contributed by atoms with Crippen LogP contribution < -0.4 is 10.3 Å². The van der Waals surface area contributed by atoms with E-state index in [-0.39, 0.29) is 11.9 Å². The van der Waals surface area contributed by atoms with Crippen molar-refractivity contribution in [1.82, 2.24) is 14.7 Å². The van der Waals surface area contributed by atoms with Crippen LogP contribution in [0, 0.1) is 0 Å². The summed E-state index contributed by atoms with van der Waals surface area (Å²) in [7, 11) is 0. The van der Waals surface area contributed by atoms with E-state index < -0.39 is 0 Å². The van der Waals surface area contributed by atoms with Crippen molar-refractivity contribution in [2.24, 2.45) is 5.10 Å². The van der Waals surface area contributed by atoms with Crippen LogP contribution in [0.3, 0.4) is 0 Å². The lowest BCUT2D eigenvalue weighted by Gasteiger charge is -2.18. The van der Waals surface area contributed by atoms with Gasteiger partial charge in [-0.25, -0.2) is 4.68 Å². The van der Waals surface area contributed by atoms with Crippen LogP contribution in [0.25, 0.3) is 0 Å². The summed E-state index contributed by atoms with van der Waals surface area (Å²) in [6, 6.07) is 20.3. The molecule has 3 heterocycles. The van der Waals surface area contributed by atoms with Gasteiger partial charge in [-0.3, -0.25) is 14.7 Å². The highest BCUT2D eigenvalue weighted by Crippen LogP contribution is 2.26. The highest BCUT2D eigenvalue weighted by molar-refractivity contribution is 6.04. The van der Waals surface area contributed by atoms with E-state index in [0.717, 1.165) is 56.2 Å². The number of anilines is 2. The van der Waals surface area contributed by atoms with Gasteiger partial charge in [0.05, 0.1) is 17.9 Å². The molecule has 1 N–H and O–H groups in total. The van der Waals surface area contributed by atoms with Crippen LogP contribution in [0.5, 0.6) is 0 Å². The fraction of sp³-hybridized carbons (Fsp3) is 0.320. The number of rotatable bonds is 6. The molecule has 1 fully saturated rings. The maximum absolute atomic E-state index is 12.9. The van der Waals surface area contributed by atoms with Gasteiger partial charge in [-0.05, 0) is 43.2 Å². The maximum Gasteiger partial charge on any atom is 0.256 e. The molecule has 1 atom stereocenters. The lowest BCUT2D eigenvalue weighted by atomic mass is 10.2. The molecule has 2 aliphatic rings. The molecule has 1 saturated heterocycles. The third-order valence-corrected chi connectivity index (χ3v) is 6.16. The summed E-state index contributed by atoms with van der Waals surface area (Å²) in [5.74, 6) is 0.615. The molecule has 2 aromatic carbocycles. The number of carbonyl (C=O) groups is 1. The summed E-state index contributed by atoms with van der Waals surface area (Å²) in [4.78, 5) is 15.3. The average Bonchev–Trinajstić information content (AvgIpc) is 3.56. The minimum absolute atomic E-state index is 0.126. The molecule has 0 aliphatic carbocycles. The van der Waals surface area contributed by atoms with Crippen LogP contribution in [0.4, 0.5) is 11.5 Å². The number of aromatic nitrogens is 2. The number of likely N-dealkylation sites (tertiary alicyclic amines) is 1. The van der Waals surface area contributed by atoms with Gasteiger partial charge in [-0.2, -0.15) is 10.2 Å². The second kappa shape index (κ2) is 8.96. The molecule has 1 aromatic heterocycles. The molecule has 1 unspecified atom stereocenters. The summed E-state index contributed by atoms with van der Waals surface area (Å²) in [5, 5.41) is 14.1. The Hall–Kier alpha value is -3.45. The maximum atomic E-state index is 12.9. The van der Waals surface area contributed by atoms with Crippen molar-refractivity contribution < 1.29 is 4.79 Å². The van der Waals surface area contributed by atoms with Crippen molar-refractivity contribution in [2.75, 3.05) is 30.0 Å². The smallest absolute Gasteiger partial charge is 0.256 e. The number of nitrogens with zero attached hydrogens (tertiary/aromatic N) is 5. The first-order valence-corrected chi connectivity index (χ1v) is 11.2. The van der Waals surface area contributed by atoms with Gasteiger partial charge in [0.15, 0.2) is 0 Å². The zero-order valence-corrected chi connectivity index (χ0v) is 18.3. The second-order valence-electron chi connectivity index (χ2n) is 8.53. The van der Waals surface area contributed by atoms with Gasteiger partial charge in [0.2, 0.25) is 0 Å². The van der Waals surface area contributed by atoms with Crippen LogP contribution in [0.2, 0.25) is 0 Å². The van der Waals surface area contributed by atoms with Gasteiger partial charge in [-0.15, -0.1) is 0 Å². The van der Waals surface area contributed by atoms with Gasteiger partial charge in [0, 0.05) is 49.9 Å². The van der Waals surface area contributed by atoms with E-state index in [1.165, 1.54) is 5.56 Å². The first kappa shape index (κ1) is 20.5. The van der Waals surface area contributed by atoms with Gasteiger partial charge in [0.25, 0.3) is 5.91 Å². The van der Waals surface area contributed by atoms with Crippen LogP contribution in [0.15, 0.2) is 72.0 Å². The van der Waals surface area contributed by atoms with Crippen molar-refractivity contribution in [3.8, 4) is 0 Å². The molecular weight excluding hydrogens is 400 g/mol. The zero-order chi connectivity index (χ0) is 21.9. The van der Waals surface area contributed by atoms with Crippen molar-refractivity contribution in [1.29, 1.82) is 0 Å². The van der Waals surface area contributed by atoms with Crippen molar-refractivity contribution >= 4 is 23.1 Å². The standard InChI is InChI=1S/C25H28N6O/c1-19-12-16-30(28-19)22-9-7-21(8-10-22)25(32)27-24-11-14-26-31(24)23-13-15-29(18-23)17-20-5-3-2-4-6-20/h2-11,14,23H,12-13,15-18H2,1H3,(H,27,32). The van der Waals surface area contributed by atoms with E-state index in [4.69, 9.17) is 0 Å². The predicted octanol–water partition coefficient (Wildman–Crippen LogP) is 4.17. The molecule has 164 valence electrons. The second-order valence-corrected chi connectivity index (χ2v) is 8.53. The highest BCUT2D eigenvalue weighted by Gasteiger charge is 2.26. The number of amides is 1. The Kier molecular flexibility index (Phi) is 5.73. The monoisotopic (exact) mass is 428 g/mol. The van der Waals surface area contributed by atoms with Crippen molar-refractivity contribution in [2.45, 2.75) is 32.4 Å². The summed E-state index contributed by atoms with van der Waals surface area (Å²) >= 11 is 0. The molecule has 7 heteroatoms. The van der Waals surface area contributed by atoms with Gasteiger partial charge in [0.1, 0.15) is 5.82 Å². The van der Waals surface area contributed by atoms with E-state index in [0.29, 0.717) is 5.56 Å².